The summed E-state index contributed by atoms with van der Waals surface area (Å²) >= 11 is 3.18. The van der Waals surface area contributed by atoms with Crippen molar-refractivity contribution in [3.8, 4) is 0 Å². The standard InChI is InChI=1S/C10H7BrF2O2/c11-6-3-1-5(2-4-6)7-8(9(14)15)10(7,12)13/h1-4,7-8H,(H,14,15)/t7-,8-/m0/s1. The van der Waals surface area contributed by atoms with Crippen LogP contribution in [-0.2, 0) is 4.79 Å². The molecule has 2 rings (SSSR count). The number of carbonyl (C=O) groups is 1. The Labute approximate surface area is 93.0 Å². The number of alkyl halides is 2. The summed E-state index contributed by atoms with van der Waals surface area (Å²) in [6, 6.07) is 6.29. The summed E-state index contributed by atoms with van der Waals surface area (Å²) in [6.07, 6.45) is 0. The van der Waals surface area contributed by atoms with E-state index in [1.165, 1.54) is 12.1 Å². The van der Waals surface area contributed by atoms with Crippen LogP contribution in [0.15, 0.2) is 28.7 Å². The van der Waals surface area contributed by atoms with Gasteiger partial charge in [0.15, 0.2) is 0 Å². The second-order valence-corrected chi connectivity index (χ2v) is 4.44. The fourth-order valence-corrected chi connectivity index (χ4v) is 1.98. The zero-order valence-corrected chi connectivity index (χ0v) is 9.04. The molecule has 1 aliphatic carbocycles. The van der Waals surface area contributed by atoms with E-state index >= 15 is 0 Å². The van der Waals surface area contributed by atoms with Crippen molar-refractivity contribution in [2.45, 2.75) is 11.8 Å². The normalized spacial score (nSPS) is 27.4. The fourth-order valence-electron chi connectivity index (χ4n) is 1.72. The van der Waals surface area contributed by atoms with Crippen LogP contribution in [0.1, 0.15) is 11.5 Å². The van der Waals surface area contributed by atoms with Gasteiger partial charge in [-0.25, -0.2) is 8.78 Å². The van der Waals surface area contributed by atoms with Gasteiger partial charge in [-0.3, -0.25) is 4.79 Å². The molecule has 0 amide bonds. The highest BCUT2D eigenvalue weighted by Gasteiger charge is 2.72. The Morgan fingerprint density at radius 2 is 1.87 bits per heavy atom. The Bertz CT molecular complexity index is 402. The van der Waals surface area contributed by atoms with Crippen molar-refractivity contribution in [2.75, 3.05) is 0 Å². The number of halogens is 3. The van der Waals surface area contributed by atoms with Crippen LogP contribution in [0.4, 0.5) is 8.78 Å². The summed E-state index contributed by atoms with van der Waals surface area (Å²) in [4.78, 5) is 10.5. The van der Waals surface area contributed by atoms with Gasteiger partial charge in [-0.05, 0) is 17.7 Å². The molecule has 0 aromatic heterocycles. The molecule has 1 aliphatic rings. The molecule has 1 N–H and O–H groups in total. The second-order valence-electron chi connectivity index (χ2n) is 3.52. The number of hydrogen-bond acceptors (Lipinski definition) is 1. The molecule has 0 bridgehead atoms. The molecule has 0 aliphatic heterocycles. The highest BCUT2D eigenvalue weighted by molar-refractivity contribution is 9.10. The molecule has 1 aromatic rings. The Hall–Kier alpha value is -0.970. The van der Waals surface area contributed by atoms with Gasteiger partial charge in [-0.1, -0.05) is 28.1 Å². The van der Waals surface area contributed by atoms with Gasteiger partial charge in [-0.2, -0.15) is 0 Å². The summed E-state index contributed by atoms with van der Waals surface area (Å²) in [5, 5.41) is 8.59. The molecule has 1 fully saturated rings. The molecule has 0 radical (unpaired) electrons. The number of carboxylic acids is 1. The van der Waals surface area contributed by atoms with E-state index in [0.29, 0.717) is 5.56 Å². The van der Waals surface area contributed by atoms with Gasteiger partial charge < -0.3 is 5.11 Å². The molecular weight excluding hydrogens is 270 g/mol. The van der Waals surface area contributed by atoms with Gasteiger partial charge in [0.1, 0.15) is 5.92 Å². The molecule has 0 spiro atoms. The predicted molar refractivity (Wildman–Crippen MR) is 53.0 cm³/mol. The summed E-state index contributed by atoms with van der Waals surface area (Å²) in [7, 11) is 0. The minimum absolute atomic E-state index is 0.371. The van der Waals surface area contributed by atoms with Gasteiger partial charge in [0.05, 0.1) is 5.92 Å². The first kappa shape index (κ1) is 10.5. The van der Waals surface area contributed by atoms with Crippen molar-refractivity contribution in [1.82, 2.24) is 0 Å². The van der Waals surface area contributed by atoms with Crippen LogP contribution in [0, 0.1) is 5.92 Å². The van der Waals surface area contributed by atoms with Crippen LogP contribution in [0.25, 0.3) is 0 Å². The van der Waals surface area contributed by atoms with E-state index in [0.717, 1.165) is 4.47 Å². The Morgan fingerprint density at radius 3 is 2.27 bits per heavy atom. The molecule has 1 saturated carbocycles. The maximum Gasteiger partial charge on any atom is 0.313 e. The Balaban J connectivity index is 2.27. The van der Waals surface area contributed by atoms with Crippen molar-refractivity contribution < 1.29 is 18.7 Å². The quantitative estimate of drug-likeness (QED) is 0.902. The van der Waals surface area contributed by atoms with Gasteiger partial charge in [-0.15, -0.1) is 0 Å². The van der Waals surface area contributed by atoms with E-state index < -0.39 is 23.7 Å². The van der Waals surface area contributed by atoms with Crippen molar-refractivity contribution in [3.05, 3.63) is 34.3 Å². The van der Waals surface area contributed by atoms with Crippen LogP contribution >= 0.6 is 15.9 Å². The van der Waals surface area contributed by atoms with Crippen LogP contribution in [0.5, 0.6) is 0 Å². The van der Waals surface area contributed by atoms with Crippen LogP contribution in [0.2, 0.25) is 0 Å². The van der Waals surface area contributed by atoms with Gasteiger partial charge in [0.25, 0.3) is 5.92 Å². The third-order valence-electron chi connectivity index (χ3n) is 2.55. The van der Waals surface area contributed by atoms with Crippen molar-refractivity contribution in [3.63, 3.8) is 0 Å². The molecule has 5 heteroatoms. The minimum atomic E-state index is -3.11. The van der Waals surface area contributed by atoms with E-state index in [4.69, 9.17) is 5.11 Å². The number of carboxylic acid groups (broad SMARTS) is 1. The topological polar surface area (TPSA) is 37.3 Å². The largest absolute Gasteiger partial charge is 0.481 e. The lowest BCUT2D eigenvalue weighted by molar-refractivity contribution is -0.140. The first-order valence-corrected chi connectivity index (χ1v) is 5.10. The van der Waals surface area contributed by atoms with E-state index in [2.05, 4.69) is 15.9 Å². The fraction of sp³-hybridized carbons (Fsp3) is 0.300. The molecule has 80 valence electrons. The lowest BCUT2D eigenvalue weighted by Crippen LogP contribution is -2.04. The molecule has 1 aromatic carbocycles. The molecular formula is C10H7BrF2O2. The average Bonchev–Trinajstić information content (AvgIpc) is 2.70. The van der Waals surface area contributed by atoms with Crippen LogP contribution in [0.3, 0.4) is 0 Å². The van der Waals surface area contributed by atoms with Gasteiger partial charge in [0, 0.05) is 4.47 Å². The monoisotopic (exact) mass is 276 g/mol. The van der Waals surface area contributed by atoms with Crippen molar-refractivity contribution >= 4 is 21.9 Å². The number of benzene rings is 1. The molecule has 0 unspecified atom stereocenters. The molecule has 15 heavy (non-hydrogen) atoms. The first-order chi connectivity index (χ1) is 6.94. The maximum absolute atomic E-state index is 13.1. The van der Waals surface area contributed by atoms with Gasteiger partial charge in [0.2, 0.25) is 0 Å². The zero-order valence-electron chi connectivity index (χ0n) is 7.45. The summed E-state index contributed by atoms with van der Waals surface area (Å²) in [5.41, 5.74) is 0.371. The number of aliphatic carboxylic acids is 1. The minimum Gasteiger partial charge on any atom is -0.481 e. The van der Waals surface area contributed by atoms with Gasteiger partial charge >= 0.3 is 5.97 Å². The third kappa shape index (κ3) is 1.65. The second kappa shape index (κ2) is 3.27. The van der Waals surface area contributed by atoms with Crippen LogP contribution < -0.4 is 0 Å². The third-order valence-corrected chi connectivity index (χ3v) is 3.08. The lowest BCUT2D eigenvalue weighted by Gasteiger charge is -1.98. The predicted octanol–water partition coefficient (Wildman–Crippen LogP) is 2.88. The number of rotatable bonds is 2. The van der Waals surface area contributed by atoms with E-state index in [1.54, 1.807) is 12.1 Å². The van der Waals surface area contributed by atoms with E-state index in [9.17, 15) is 13.6 Å². The average molecular weight is 277 g/mol. The summed E-state index contributed by atoms with van der Waals surface area (Å²) < 4.78 is 27.0. The molecule has 2 atom stereocenters. The van der Waals surface area contributed by atoms with Crippen molar-refractivity contribution in [1.29, 1.82) is 0 Å². The maximum atomic E-state index is 13.1. The molecule has 0 heterocycles. The Kier molecular flexibility index (Phi) is 2.30. The first-order valence-electron chi connectivity index (χ1n) is 4.30. The SMILES string of the molecule is O=C(O)[C@@H]1[C@H](c2ccc(Br)cc2)C1(F)F. The lowest BCUT2D eigenvalue weighted by atomic mass is 10.1. The smallest absolute Gasteiger partial charge is 0.313 e. The molecule has 0 saturated heterocycles. The van der Waals surface area contributed by atoms with E-state index in [1.807, 2.05) is 0 Å². The zero-order chi connectivity index (χ0) is 11.2. The highest BCUT2D eigenvalue weighted by Crippen LogP contribution is 2.61. The molecule has 2 nitrogen and oxygen atoms in total. The van der Waals surface area contributed by atoms with E-state index in [-0.39, 0.29) is 0 Å². The summed E-state index contributed by atoms with van der Waals surface area (Å²) in [6.45, 7) is 0. The summed E-state index contributed by atoms with van der Waals surface area (Å²) in [5.74, 6) is -7.30. The Morgan fingerprint density at radius 1 is 1.33 bits per heavy atom. The van der Waals surface area contributed by atoms with Crippen LogP contribution in [-0.4, -0.2) is 17.0 Å². The van der Waals surface area contributed by atoms with Crippen molar-refractivity contribution in [2.24, 2.45) is 5.92 Å². The number of hydrogen-bond donors (Lipinski definition) is 1. The highest BCUT2D eigenvalue weighted by atomic mass is 79.9.